The average Bonchev–Trinajstić information content (AvgIpc) is 2.96. The second-order valence-corrected chi connectivity index (χ2v) is 5.86. The van der Waals surface area contributed by atoms with Gasteiger partial charge in [0.25, 0.3) is 0 Å². The summed E-state index contributed by atoms with van der Waals surface area (Å²) in [6.07, 6.45) is 5.28. The fourth-order valence-electron chi connectivity index (χ4n) is 2.95. The van der Waals surface area contributed by atoms with Crippen LogP contribution in [0.1, 0.15) is 11.6 Å². The zero-order chi connectivity index (χ0) is 16.5. The van der Waals surface area contributed by atoms with Crippen molar-refractivity contribution in [2.24, 2.45) is 0 Å². The van der Waals surface area contributed by atoms with Crippen molar-refractivity contribution in [3.05, 3.63) is 36.3 Å². The highest BCUT2D eigenvalue weighted by Gasteiger charge is 2.20. The summed E-state index contributed by atoms with van der Waals surface area (Å²) in [5.41, 5.74) is 6.49. The number of anilines is 2. The fourth-order valence-corrected chi connectivity index (χ4v) is 2.95. The van der Waals surface area contributed by atoms with Crippen LogP contribution in [0.5, 0.6) is 0 Å². The van der Waals surface area contributed by atoms with Gasteiger partial charge in [0.2, 0.25) is 0 Å². The van der Waals surface area contributed by atoms with Crippen LogP contribution in [0.4, 0.5) is 11.6 Å². The quantitative estimate of drug-likeness (QED) is 0.725. The predicted octanol–water partition coefficient (Wildman–Crippen LogP) is 0.127. The van der Waals surface area contributed by atoms with Gasteiger partial charge < -0.3 is 10.6 Å². The molecule has 0 amide bonds. The lowest BCUT2D eigenvalue weighted by Crippen LogP contribution is -2.46. The molecule has 9 nitrogen and oxygen atoms in total. The number of nitrogens with zero attached hydrogens (tertiary/aromatic N) is 8. The summed E-state index contributed by atoms with van der Waals surface area (Å²) in [4.78, 5) is 21.8. The van der Waals surface area contributed by atoms with Gasteiger partial charge >= 0.3 is 0 Å². The Labute approximate surface area is 139 Å². The molecule has 9 heteroatoms. The fraction of sp³-hybridized carbons (Fsp3) is 0.400. The first-order valence-corrected chi connectivity index (χ1v) is 7.91. The van der Waals surface area contributed by atoms with Crippen LogP contribution in [0.2, 0.25) is 0 Å². The number of aryl methyl sites for hydroxylation is 1. The number of nitrogens with two attached hydrogens (primary N) is 1. The standard InChI is InChI=1S/C15H19N9/c1-11-19-14-8-17-9-15(24(14)21-11)23-6-4-22(5-7-23)10-13-18-3-2-12(16)20-13/h2-3,8-9H,4-7,10H2,1H3,(H2,16,18,20). The molecule has 4 rings (SSSR count). The second-order valence-electron chi connectivity index (χ2n) is 5.86. The van der Waals surface area contributed by atoms with Gasteiger partial charge in [0.1, 0.15) is 17.5 Å². The smallest absolute Gasteiger partial charge is 0.176 e. The van der Waals surface area contributed by atoms with Crippen LogP contribution in [0.3, 0.4) is 0 Å². The first-order chi connectivity index (χ1) is 11.7. The van der Waals surface area contributed by atoms with Gasteiger partial charge in [0.05, 0.1) is 18.9 Å². The monoisotopic (exact) mass is 325 g/mol. The van der Waals surface area contributed by atoms with E-state index in [0.717, 1.165) is 49.3 Å². The van der Waals surface area contributed by atoms with Crippen molar-refractivity contribution in [1.82, 2.24) is 34.4 Å². The van der Waals surface area contributed by atoms with E-state index in [-0.39, 0.29) is 0 Å². The number of hydrogen-bond acceptors (Lipinski definition) is 8. The summed E-state index contributed by atoms with van der Waals surface area (Å²) >= 11 is 0. The lowest BCUT2D eigenvalue weighted by molar-refractivity contribution is 0.243. The van der Waals surface area contributed by atoms with Gasteiger partial charge in [-0.2, -0.15) is 4.52 Å². The highest BCUT2D eigenvalue weighted by atomic mass is 15.4. The third-order valence-electron chi connectivity index (χ3n) is 4.12. The summed E-state index contributed by atoms with van der Waals surface area (Å²) in [5.74, 6) is 3.01. The first kappa shape index (κ1) is 14.8. The number of fused-ring (bicyclic) bond motifs is 1. The topological polar surface area (TPSA) is 101 Å². The molecular formula is C15H19N9. The molecule has 3 aromatic heterocycles. The van der Waals surface area contributed by atoms with Crippen LogP contribution in [-0.2, 0) is 6.54 Å². The molecule has 24 heavy (non-hydrogen) atoms. The van der Waals surface area contributed by atoms with Crippen molar-refractivity contribution >= 4 is 17.3 Å². The minimum Gasteiger partial charge on any atom is -0.384 e. The molecule has 3 aromatic rings. The van der Waals surface area contributed by atoms with Gasteiger partial charge in [-0.1, -0.05) is 0 Å². The molecule has 1 fully saturated rings. The molecule has 2 N–H and O–H groups in total. The molecule has 4 heterocycles. The van der Waals surface area contributed by atoms with Crippen molar-refractivity contribution in [1.29, 1.82) is 0 Å². The van der Waals surface area contributed by atoms with Crippen molar-refractivity contribution in [2.75, 3.05) is 36.8 Å². The van der Waals surface area contributed by atoms with E-state index in [4.69, 9.17) is 5.73 Å². The van der Waals surface area contributed by atoms with Gasteiger partial charge in [0, 0.05) is 32.4 Å². The largest absolute Gasteiger partial charge is 0.384 e. The molecule has 124 valence electrons. The molecule has 1 aliphatic heterocycles. The SMILES string of the molecule is Cc1nc2cncc(N3CCN(Cc4nccc(N)n4)CC3)n2n1. The summed E-state index contributed by atoms with van der Waals surface area (Å²) in [5, 5.41) is 4.46. The van der Waals surface area contributed by atoms with E-state index in [1.54, 1.807) is 18.5 Å². The van der Waals surface area contributed by atoms with Crippen LogP contribution >= 0.6 is 0 Å². The molecular weight excluding hydrogens is 306 g/mol. The Kier molecular flexibility index (Phi) is 3.69. The Morgan fingerprint density at radius 2 is 1.96 bits per heavy atom. The maximum absolute atomic E-state index is 5.72. The molecule has 0 saturated carbocycles. The van der Waals surface area contributed by atoms with Crippen LogP contribution < -0.4 is 10.6 Å². The van der Waals surface area contributed by atoms with Crippen LogP contribution in [0.25, 0.3) is 5.65 Å². The zero-order valence-corrected chi connectivity index (χ0v) is 13.5. The number of piperazine rings is 1. The Morgan fingerprint density at radius 3 is 2.75 bits per heavy atom. The third-order valence-corrected chi connectivity index (χ3v) is 4.12. The average molecular weight is 325 g/mol. The second kappa shape index (κ2) is 6.00. The Morgan fingerprint density at radius 1 is 1.12 bits per heavy atom. The minimum absolute atomic E-state index is 0.512. The van der Waals surface area contributed by atoms with E-state index < -0.39 is 0 Å². The maximum Gasteiger partial charge on any atom is 0.176 e. The number of nitrogen functional groups attached to an aromatic ring is 1. The normalized spacial score (nSPS) is 16.0. The van der Waals surface area contributed by atoms with Gasteiger partial charge in [-0.25, -0.2) is 15.0 Å². The highest BCUT2D eigenvalue weighted by molar-refractivity contribution is 5.47. The molecule has 0 aliphatic carbocycles. The molecule has 1 saturated heterocycles. The van der Waals surface area contributed by atoms with E-state index >= 15 is 0 Å². The number of hydrogen-bond donors (Lipinski definition) is 1. The van der Waals surface area contributed by atoms with Gasteiger partial charge in [-0.3, -0.25) is 9.88 Å². The van der Waals surface area contributed by atoms with Crippen LogP contribution in [0, 0.1) is 6.92 Å². The summed E-state index contributed by atoms with van der Waals surface area (Å²) in [6, 6.07) is 1.70. The predicted molar refractivity (Wildman–Crippen MR) is 89.5 cm³/mol. The first-order valence-electron chi connectivity index (χ1n) is 7.91. The third kappa shape index (κ3) is 2.85. The van der Waals surface area contributed by atoms with Gasteiger partial charge in [-0.05, 0) is 13.0 Å². The van der Waals surface area contributed by atoms with E-state index in [2.05, 4.69) is 34.8 Å². The zero-order valence-electron chi connectivity index (χ0n) is 13.5. The molecule has 0 atom stereocenters. The van der Waals surface area contributed by atoms with E-state index in [0.29, 0.717) is 12.4 Å². The Bertz CT molecular complexity index is 851. The van der Waals surface area contributed by atoms with Gasteiger partial charge in [-0.15, -0.1) is 5.10 Å². The number of aromatic nitrogens is 6. The molecule has 0 radical (unpaired) electrons. The van der Waals surface area contributed by atoms with Crippen molar-refractivity contribution < 1.29 is 0 Å². The molecule has 0 bridgehead atoms. The van der Waals surface area contributed by atoms with Gasteiger partial charge in [0.15, 0.2) is 11.5 Å². The van der Waals surface area contributed by atoms with E-state index in [1.165, 1.54) is 0 Å². The summed E-state index contributed by atoms with van der Waals surface area (Å²) in [6.45, 7) is 6.22. The highest BCUT2D eigenvalue weighted by Crippen LogP contribution is 2.17. The molecule has 0 spiro atoms. The van der Waals surface area contributed by atoms with E-state index in [9.17, 15) is 0 Å². The number of rotatable bonds is 3. The molecule has 0 unspecified atom stereocenters. The van der Waals surface area contributed by atoms with Crippen LogP contribution in [0.15, 0.2) is 24.7 Å². The lowest BCUT2D eigenvalue weighted by atomic mass is 10.3. The maximum atomic E-state index is 5.72. The summed E-state index contributed by atoms with van der Waals surface area (Å²) < 4.78 is 1.86. The van der Waals surface area contributed by atoms with Crippen LogP contribution in [-0.4, -0.2) is 60.6 Å². The summed E-state index contributed by atoms with van der Waals surface area (Å²) in [7, 11) is 0. The van der Waals surface area contributed by atoms with Crippen molar-refractivity contribution in [3.63, 3.8) is 0 Å². The van der Waals surface area contributed by atoms with Crippen molar-refractivity contribution in [2.45, 2.75) is 13.5 Å². The molecule has 1 aliphatic rings. The lowest BCUT2D eigenvalue weighted by Gasteiger charge is -2.35. The Hall–Kier alpha value is -2.81. The van der Waals surface area contributed by atoms with Crippen molar-refractivity contribution in [3.8, 4) is 0 Å². The minimum atomic E-state index is 0.512. The van der Waals surface area contributed by atoms with E-state index in [1.807, 2.05) is 17.6 Å². The Balaban J connectivity index is 1.45. The molecule has 0 aromatic carbocycles.